The summed E-state index contributed by atoms with van der Waals surface area (Å²) in [6.07, 6.45) is 3.44. The molecule has 0 aliphatic carbocycles. The minimum Gasteiger partial charge on any atom is -0.476 e. The first-order valence-corrected chi connectivity index (χ1v) is 8.29. The molecule has 0 spiro atoms. The number of hydrogen-bond donors (Lipinski definition) is 1. The van der Waals surface area contributed by atoms with Crippen LogP contribution in [0.1, 0.15) is 21.7 Å². The number of carboxylic acids is 1. The lowest BCUT2D eigenvalue weighted by atomic mass is 10.1. The zero-order chi connectivity index (χ0) is 18.3. The lowest BCUT2D eigenvalue weighted by Crippen LogP contribution is -2.06. The lowest BCUT2D eigenvalue weighted by molar-refractivity contribution is 0.0689. The number of aryl methyl sites for hydroxylation is 1. The standard InChI is InChI=1S/C19H14ClN3O3/c1-11-5-16(19(24)25)22-23(11)10-14-7-15(20)6-13-8-17(26-18(13)14)12-3-2-4-21-9-12/h2-9H,10H2,1H3,(H,24,25). The smallest absolute Gasteiger partial charge is 0.356 e. The first-order chi connectivity index (χ1) is 12.5. The number of rotatable bonds is 4. The number of pyridine rings is 1. The number of aromatic nitrogens is 3. The van der Waals surface area contributed by atoms with Crippen LogP contribution in [0.3, 0.4) is 0 Å². The third-order valence-corrected chi connectivity index (χ3v) is 4.34. The van der Waals surface area contributed by atoms with Gasteiger partial charge in [-0.25, -0.2) is 4.79 Å². The number of aromatic carboxylic acids is 1. The molecule has 6 nitrogen and oxygen atoms in total. The fourth-order valence-electron chi connectivity index (χ4n) is 2.89. The lowest BCUT2D eigenvalue weighted by Gasteiger charge is -2.06. The Balaban J connectivity index is 1.80. The molecule has 0 atom stereocenters. The molecule has 3 heterocycles. The minimum atomic E-state index is -1.06. The highest BCUT2D eigenvalue weighted by atomic mass is 35.5. The molecule has 7 heteroatoms. The Kier molecular flexibility index (Phi) is 3.97. The number of halogens is 1. The van der Waals surface area contributed by atoms with Gasteiger partial charge in [0.25, 0.3) is 0 Å². The van der Waals surface area contributed by atoms with Crippen LogP contribution in [0.4, 0.5) is 0 Å². The first kappa shape index (κ1) is 16.4. The zero-order valence-electron chi connectivity index (χ0n) is 13.8. The number of nitrogens with zero attached hydrogens (tertiary/aromatic N) is 3. The molecule has 0 radical (unpaired) electrons. The van der Waals surface area contributed by atoms with Gasteiger partial charge in [0.05, 0.1) is 6.54 Å². The van der Waals surface area contributed by atoms with Crippen LogP contribution in [0.25, 0.3) is 22.3 Å². The Hall–Kier alpha value is -3.12. The van der Waals surface area contributed by atoms with Crippen LogP contribution in [0.2, 0.25) is 5.02 Å². The van der Waals surface area contributed by atoms with E-state index in [0.29, 0.717) is 22.9 Å². The summed E-state index contributed by atoms with van der Waals surface area (Å²) in [6.45, 7) is 2.17. The molecule has 0 saturated heterocycles. The van der Waals surface area contributed by atoms with Gasteiger partial charge in [-0.3, -0.25) is 9.67 Å². The number of carbonyl (C=O) groups is 1. The molecule has 1 aromatic carbocycles. The summed E-state index contributed by atoms with van der Waals surface area (Å²) in [5.41, 5.74) is 3.14. The Morgan fingerprint density at radius 1 is 1.31 bits per heavy atom. The fourth-order valence-corrected chi connectivity index (χ4v) is 3.14. The third-order valence-electron chi connectivity index (χ3n) is 4.12. The molecule has 0 aliphatic heterocycles. The highest BCUT2D eigenvalue weighted by Crippen LogP contribution is 2.32. The van der Waals surface area contributed by atoms with Crippen LogP contribution in [-0.4, -0.2) is 25.8 Å². The average molecular weight is 368 g/mol. The zero-order valence-corrected chi connectivity index (χ0v) is 14.6. The molecule has 4 rings (SSSR count). The Morgan fingerprint density at radius 3 is 2.85 bits per heavy atom. The summed E-state index contributed by atoms with van der Waals surface area (Å²) >= 11 is 6.26. The maximum atomic E-state index is 11.1. The topological polar surface area (TPSA) is 81.1 Å². The SMILES string of the molecule is Cc1cc(C(=O)O)nn1Cc1cc(Cl)cc2cc(-c3cccnc3)oc12. The van der Waals surface area contributed by atoms with E-state index in [1.165, 1.54) is 6.07 Å². The van der Waals surface area contributed by atoms with Crippen LogP contribution in [0, 0.1) is 6.92 Å². The van der Waals surface area contributed by atoms with Gasteiger partial charge in [0.2, 0.25) is 0 Å². The van der Waals surface area contributed by atoms with E-state index in [1.807, 2.05) is 37.3 Å². The fraction of sp³-hybridized carbons (Fsp3) is 0.105. The predicted octanol–water partition coefficient (Wildman–Crippen LogP) is 4.40. The van der Waals surface area contributed by atoms with E-state index in [4.69, 9.17) is 21.1 Å². The molecular weight excluding hydrogens is 354 g/mol. The molecule has 0 saturated carbocycles. The van der Waals surface area contributed by atoms with Crippen molar-refractivity contribution in [3.05, 3.63) is 70.8 Å². The van der Waals surface area contributed by atoms with Crippen LogP contribution in [-0.2, 0) is 6.54 Å². The second-order valence-electron chi connectivity index (χ2n) is 5.97. The second kappa shape index (κ2) is 6.31. The van der Waals surface area contributed by atoms with Crippen LogP contribution in [0.5, 0.6) is 0 Å². The molecule has 0 amide bonds. The molecule has 26 heavy (non-hydrogen) atoms. The van der Waals surface area contributed by atoms with Gasteiger partial charge < -0.3 is 9.52 Å². The van der Waals surface area contributed by atoms with E-state index >= 15 is 0 Å². The summed E-state index contributed by atoms with van der Waals surface area (Å²) in [6, 6.07) is 10.9. The van der Waals surface area contributed by atoms with E-state index in [9.17, 15) is 4.79 Å². The average Bonchev–Trinajstić information content (AvgIpc) is 3.20. The quantitative estimate of drug-likeness (QED) is 0.578. The Morgan fingerprint density at radius 2 is 2.15 bits per heavy atom. The number of benzene rings is 1. The molecule has 3 aromatic heterocycles. The molecule has 0 unspecified atom stereocenters. The summed E-state index contributed by atoms with van der Waals surface area (Å²) in [4.78, 5) is 15.2. The molecule has 130 valence electrons. The number of hydrogen-bond acceptors (Lipinski definition) is 4. The van der Waals surface area contributed by atoms with Crippen molar-refractivity contribution >= 4 is 28.5 Å². The van der Waals surface area contributed by atoms with Crippen molar-refractivity contribution in [2.24, 2.45) is 0 Å². The number of carboxylic acid groups (broad SMARTS) is 1. The van der Waals surface area contributed by atoms with Crippen molar-refractivity contribution in [2.45, 2.75) is 13.5 Å². The Labute approximate surface area is 153 Å². The highest BCUT2D eigenvalue weighted by Gasteiger charge is 2.15. The van der Waals surface area contributed by atoms with Crippen LogP contribution >= 0.6 is 11.6 Å². The predicted molar refractivity (Wildman–Crippen MR) is 97.5 cm³/mol. The van der Waals surface area contributed by atoms with Gasteiger partial charge in [-0.15, -0.1) is 0 Å². The van der Waals surface area contributed by atoms with Gasteiger partial charge in [-0.1, -0.05) is 11.6 Å². The van der Waals surface area contributed by atoms with Gasteiger partial charge in [-0.2, -0.15) is 5.10 Å². The van der Waals surface area contributed by atoms with E-state index in [0.717, 1.165) is 22.2 Å². The van der Waals surface area contributed by atoms with E-state index in [1.54, 1.807) is 17.1 Å². The van der Waals surface area contributed by atoms with Gasteiger partial charge >= 0.3 is 5.97 Å². The highest BCUT2D eigenvalue weighted by molar-refractivity contribution is 6.31. The van der Waals surface area contributed by atoms with E-state index < -0.39 is 5.97 Å². The minimum absolute atomic E-state index is 0.0104. The van der Waals surface area contributed by atoms with Crippen molar-refractivity contribution in [3.8, 4) is 11.3 Å². The molecule has 1 N–H and O–H groups in total. The Bertz CT molecular complexity index is 1120. The largest absolute Gasteiger partial charge is 0.476 e. The van der Waals surface area contributed by atoms with Crippen molar-refractivity contribution in [3.63, 3.8) is 0 Å². The maximum absolute atomic E-state index is 11.1. The van der Waals surface area contributed by atoms with E-state index in [-0.39, 0.29) is 5.69 Å². The molecule has 0 fully saturated rings. The van der Waals surface area contributed by atoms with E-state index in [2.05, 4.69) is 10.1 Å². The molecule has 4 aromatic rings. The molecule has 0 bridgehead atoms. The van der Waals surface area contributed by atoms with Crippen molar-refractivity contribution < 1.29 is 14.3 Å². The van der Waals surface area contributed by atoms with Gasteiger partial charge in [0.15, 0.2) is 5.69 Å². The summed E-state index contributed by atoms with van der Waals surface area (Å²) in [7, 11) is 0. The van der Waals surface area contributed by atoms with Crippen molar-refractivity contribution in [1.82, 2.24) is 14.8 Å². The van der Waals surface area contributed by atoms with Crippen LogP contribution < -0.4 is 0 Å². The monoisotopic (exact) mass is 367 g/mol. The van der Waals surface area contributed by atoms with Gasteiger partial charge in [0, 0.05) is 39.6 Å². The number of furan rings is 1. The third kappa shape index (κ3) is 2.95. The first-order valence-electron chi connectivity index (χ1n) is 7.91. The normalized spacial score (nSPS) is 11.2. The second-order valence-corrected chi connectivity index (χ2v) is 6.41. The summed E-state index contributed by atoms with van der Waals surface area (Å²) in [5, 5.41) is 14.7. The maximum Gasteiger partial charge on any atom is 0.356 e. The van der Waals surface area contributed by atoms with Crippen molar-refractivity contribution in [2.75, 3.05) is 0 Å². The van der Waals surface area contributed by atoms with Gasteiger partial charge in [-0.05, 0) is 43.3 Å². The van der Waals surface area contributed by atoms with Crippen molar-refractivity contribution in [1.29, 1.82) is 0 Å². The summed E-state index contributed by atoms with van der Waals surface area (Å²) in [5.74, 6) is -0.361. The number of fused-ring (bicyclic) bond motifs is 1. The van der Waals surface area contributed by atoms with Crippen LogP contribution in [0.15, 0.2) is 53.2 Å². The molecular formula is C19H14ClN3O3. The van der Waals surface area contributed by atoms with Gasteiger partial charge in [0.1, 0.15) is 11.3 Å². The summed E-state index contributed by atoms with van der Waals surface area (Å²) < 4.78 is 7.68. The molecule has 0 aliphatic rings.